The molecule has 0 amide bonds. The van der Waals surface area contributed by atoms with E-state index in [-0.39, 0.29) is 51.4 Å². The molecule has 0 N–H and O–H groups in total. The number of nitrogens with zero attached hydrogens (tertiary/aromatic N) is 3. The first-order valence-corrected chi connectivity index (χ1v) is 6.59. The van der Waals surface area contributed by atoms with E-state index in [1.54, 1.807) is 13.1 Å². The molecular formula is C18H15KN3-. The van der Waals surface area contributed by atoms with E-state index in [2.05, 4.69) is 24.0 Å². The van der Waals surface area contributed by atoms with Crippen LogP contribution in [0, 0.1) is 24.3 Å². The summed E-state index contributed by atoms with van der Waals surface area (Å²) in [5, 5.41) is 9.24. The molecule has 0 aliphatic heterocycles. The summed E-state index contributed by atoms with van der Waals surface area (Å²) in [6.45, 7) is 5.00. The first-order valence-electron chi connectivity index (χ1n) is 6.59. The van der Waals surface area contributed by atoms with Crippen molar-refractivity contribution in [3.05, 3.63) is 79.6 Å². The van der Waals surface area contributed by atoms with Gasteiger partial charge in [0.2, 0.25) is 0 Å². The number of rotatable bonds is 2. The van der Waals surface area contributed by atoms with Gasteiger partial charge in [-0.2, -0.15) is 30.4 Å². The van der Waals surface area contributed by atoms with E-state index in [4.69, 9.17) is 0 Å². The van der Waals surface area contributed by atoms with Gasteiger partial charge in [-0.3, -0.25) is 4.98 Å². The van der Waals surface area contributed by atoms with Gasteiger partial charge in [0.25, 0.3) is 0 Å². The van der Waals surface area contributed by atoms with E-state index in [0.29, 0.717) is 5.56 Å². The van der Waals surface area contributed by atoms with Gasteiger partial charge in [0.05, 0.1) is 11.3 Å². The quantitative estimate of drug-likeness (QED) is 0.524. The Bertz CT molecular complexity index is 728. The van der Waals surface area contributed by atoms with E-state index in [1.807, 2.05) is 59.4 Å². The normalized spacial score (nSPS) is 8.95. The Balaban J connectivity index is 0.000000775. The molecule has 0 bridgehead atoms. The summed E-state index contributed by atoms with van der Waals surface area (Å²) >= 11 is 0. The van der Waals surface area contributed by atoms with Crippen molar-refractivity contribution in [1.29, 1.82) is 5.26 Å². The number of aromatic nitrogens is 2. The van der Waals surface area contributed by atoms with Gasteiger partial charge < -0.3 is 11.5 Å². The molecule has 0 saturated heterocycles. The van der Waals surface area contributed by atoms with Gasteiger partial charge in [0.1, 0.15) is 6.07 Å². The Morgan fingerprint density at radius 1 is 1.14 bits per heavy atom. The molecule has 0 radical (unpaired) electrons. The molecule has 0 fully saturated rings. The molecule has 3 aromatic rings. The largest absolute Gasteiger partial charge is 1.00 e. The second-order valence-corrected chi connectivity index (χ2v) is 4.08. The number of hydrogen-bond acceptors (Lipinski definition) is 2. The number of nitriles is 1. The summed E-state index contributed by atoms with van der Waals surface area (Å²) in [6, 6.07) is 18.5. The minimum Gasteiger partial charge on any atom is -0.346 e. The first kappa shape index (κ1) is 18.8. The molecule has 104 valence electrons. The number of pyridine rings is 1. The molecule has 2 aromatic heterocycles. The van der Waals surface area contributed by atoms with Crippen LogP contribution in [0.3, 0.4) is 0 Å². The van der Waals surface area contributed by atoms with Crippen molar-refractivity contribution in [2.45, 2.75) is 6.92 Å². The fourth-order valence-electron chi connectivity index (χ4n) is 1.97. The Labute approximate surface area is 174 Å². The molecule has 22 heavy (non-hydrogen) atoms. The summed E-state index contributed by atoms with van der Waals surface area (Å²) < 4.78 is 1.93. The Hall–Kier alpha value is -1.22. The van der Waals surface area contributed by atoms with Crippen LogP contribution in [-0.2, 0) is 0 Å². The van der Waals surface area contributed by atoms with Gasteiger partial charge in [-0.15, -0.1) is 12.1 Å². The molecule has 1 aromatic carbocycles. The van der Waals surface area contributed by atoms with Crippen LogP contribution >= 0.6 is 0 Å². The van der Waals surface area contributed by atoms with Crippen LogP contribution in [0.15, 0.2) is 61.1 Å². The van der Waals surface area contributed by atoms with Gasteiger partial charge in [-0.1, -0.05) is 11.8 Å². The molecule has 0 atom stereocenters. The van der Waals surface area contributed by atoms with Crippen LogP contribution in [0.5, 0.6) is 0 Å². The molecule has 0 unspecified atom stereocenters. The van der Waals surface area contributed by atoms with Crippen LogP contribution < -0.4 is 51.4 Å². The molecule has 0 spiro atoms. The molecule has 0 aliphatic rings. The first-order chi connectivity index (χ1) is 10.4. The average Bonchev–Trinajstić information content (AvgIpc) is 3.03. The summed E-state index contributed by atoms with van der Waals surface area (Å²) in [6.07, 6.45) is 5.47. The van der Waals surface area contributed by atoms with Crippen molar-refractivity contribution in [3.63, 3.8) is 0 Å². The maximum Gasteiger partial charge on any atom is 1.00 e. The van der Waals surface area contributed by atoms with Crippen molar-refractivity contribution in [2.75, 3.05) is 0 Å². The van der Waals surface area contributed by atoms with Gasteiger partial charge in [-0.25, -0.2) is 0 Å². The SMILES string of the molecule is N#Cc1cn(-c2cc[c-]cc2)cc1-c1ccccn1.[CH2-]C.[K+]. The maximum atomic E-state index is 9.24. The van der Waals surface area contributed by atoms with E-state index >= 15 is 0 Å². The van der Waals surface area contributed by atoms with Gasteiger partial charge in [-0.05, 0) is 12.1 Å². The summed E-state index contributed by atoms with van der Waals surface area (Å²) in [5.74, 6) is 0. The minimum atomic E-state index is 0. The molecule has 3 rings (SSSR count). The Morgan fingerprint density at radius 2 is 1.86 bits per heavy atom. The molecule has 0 saturated carbocycles. The Morgan fingerprint density at radius 3 is 2.45 bits per heavy atom. The summed E-state index contributed by atoms with van der Waals surface area (Å²) in [7, 11) is 0. The molecule has 0 aliphatic carbocycles. The van der Waals surface area contributed by atoms with Crippen LogP contribution in [0.2, 0.25) is 0 Å². The van der Waals surface area contributed by atoms with Gasteiger partial charge in [0.15, 0.2) is 0 Å². The van der Waals surface area contributed by atoms with Crippen LogP contribution in [0.4, 0.5) is 0 Å². The summed E-state index contributed by atoms with van der Waals surface area (Å²) in [4.78, 5) is 4.29. The molecule has 2 heterocycles. The monoisotopic (exact) mass is 312 g/mol. The maximum absolute atomic E-state index is 9.24. The smallest absolute Gasteiger partial charge is 0.346 e. The predicted molar refractivity (Wildman–Crippen MR) is 83.6 cm³/mol. The van der Waals surface area contributed by atoms with Gasteiger partial charge in [0, 0.05) is 24.2 Å². The third-order valence-corrected chi connectivity index (χ3v) is 2.89. The number of hydrogen-bond donors (Lipinski definition) is 0. The van der Waals surface area contributed by atoms with Crippen LogP contribution in [-0.4, -0.2) is 9.55 Å². The fourth-order valence-corrected chi connectivity index (χ4v) is 1.97. The zero-order valence-electron chi connectivity index (χ0n) is 12.8. The predicted octanol–water partition coefficient (Wildman–Crippen LogP) is 1.06. The molecular weight excluding hydrogens is 297 g/mol. The van der Waals surface area contributed by atoms with Crippen LogP contribution in [0.25, 0.3) is 16.9 Å². The molecule has 3 nitrogen and oxygen atoms in total. The van der Waals surface area contributed by atoms with Crippen molar-refractivity contribution in [1.82, 2.24) is 9.55 Å². The second-order valence-electron chi connectivity index (χ2n) is 4.08. The zero-order chi connectivity index (χ0) is 15.1. The van der Waals surface area contributed by atoms with E-state index in [9.17, 15) is 5.26 Å². The third-order valence-electron chi connectivity index (χ3n) is 2.89. The molecule has 4 heteroatoms. The van der Waals surface area contributed by atoms with Crippen LogP contribution in [0.1, 0.15) is 12.5 Å². The zero-order valence-corrected chi connectivity index (χ0v) is 15.9. The topological polar surface area (TPSA) is 41.6 Å². The number of benzene rings is 1. The average molecular weight is 312 g/mol. The van der Waals surface area contributed by atoms with E-state index in [1.165, 1.54) is 0 Å². The van der Waals surface area contributed by atoms with Crippen molar-refractivity contribution >= 4 is 0 Å². The Kier molecular flexibility index (Phi) is 8.32. The minimum absolute atomic E-state index is 0. The third kappa shape index (κ3) is 4.39. The van der Waals surface area contributed by atoms with Crippen molar-refractivity contribution in [2.24, 2.45) is 0 Å². The van der Waals surface area contributed by atoms with Crippen molar-refractivity contribution in [3.8, 4) is 23.0 Å². The fraction of sp³-hybridized carbons (Fsp3) is 0.0556. The standard InChI is InChI=1S/C16H10N3.C2H5.K/c17-10-13-11-19(14-6-2-1-3-7-14)12-15(13)16-8-4-5-9-18-16;1-2;/h2-9,11-12H;1H2,2H3;/q2*-1;+1. The van der Waals surface area contributed by atoms with Gasteiger partial charge >= 0.3 is 51.4 Å². The van der Waals surface area contributed by atoms with E-state index < -0.39 is 0 Å². The summed E-state index contributed by atoms with van der Waals surface area (Å²) in [5.41, 5.74) is 3.26. The van der Waals surface area contributed by atoms with E-state index in [0.717, 1.165) is 16.9 Å². The van der Waals surface area contributed by atoms with Crippen molar-refractivity contribution < 1.29 is 51.4 Å². The second kappa shape index (κ2) is 9.72.